The third-order valence-corrected chi connectivity index (χ3v) is 3.49. The third-order valence-electron chi connectivity index (χ3n) is 3.49. The van der Waals surface area contributed by atoms with E-state index in [1.807, 2.05) is 11.0 Å². The Balaban J connectivity index is 1.74. The lowest BCUT2D eigenvalue weighted by atomic mass is 10.1. The lowest BCUT2D eigenvalue weighted by Crippen LogP contribution is -2.27. The molecule has 0 bridgehead atoms. The molecule has 1 aromatic heterocycles. The first-order valence-electron chi connectivity index (χ1n) is 6.78. The van der Waals surface area contributed by atoms with Crippen molar-refractivity contribution in [2.24, 2.45) is 0 Å². The average molecular weight is 284 g/mol. The zero-order valence-electron chi connectivity index (χ0n) is 11.4. The molecule has 1 aliphatic rings. The van der Waals surface area contributed by atoms with Crippen molar-refractivity contribution in [3.05, 3.63) is 60.2 Å². The van der Waals surface area contributed by atoms with Gasteiger partial charge in [-0.25, -0.2) is 13.8 Å². The minimum absolute atomic E-state index is 0.193. The number of aromatic nitrogens is 1. The Hall–Kier alpha value is -2.41. The van der Waals surface area contributed by atoms with E-state index in [1.165, 1.54) is 12.1 Å². The molecule has 1 unspecified atom stereocenters. The Labute approximate surface area is 122 Å². The number of rotatable bonds is 1. The van der Waals surface area contributed by atoms with Gasteiger partial charge in [0.2, 0.25) is 0 Å². The number of hydrogen-bond acceptors (Lipinski definition) is 2. The van der Waals surface area contributed by atoms with Crippen LogP contribution in [0.2, 0.25) is 0 Å². The molecule has 0 radical (unpaired) electrons. The van der Waals surface area contributed by atoms with Crippen molar-refractivity contribution in [3.8, 4) is 11.8 Å². The van der Waals surface area contributed by atoms with Gasteiger partial charge in [-0.05, 0) is 42.3 Å². The maximum atomic E-state index is 14.7. The van der Waals surface area contributed by atoms with E-state index in [0.717, 1.165) is 5.69 Å². The summed E-state index contributed by atoms with van der Waals surface area (Å²) in [5.74, 6) is 5.18. The maximum Gasteiger partial charge on any atom is 0.190 e. The van der Waals surface area contributed by atoms with Crippen LogP contribution in [0.3, 0.4) is 0 Å². The summed E-state index contributed by atoms with van der Waals surface area (Å²) in [4.78, 5) is 5.94. The van der Waals surface area contributed by atoms with Gasteiger partial charge in [-0.15, -0.1) is 0 Å². The number of nitrogens with zero attached hydrogens (tertiary/aromatic N) is 2. The van der Waals surface area contributed by atoms with Gasteiger partial charge in [0.05, 0.1) is 6.54 Å². The van der Waals surface area contributed by atoms with Crippen molar-refractivity contribution in [2.45, 2.75) is 12.1 Å². The SMILES string of the molecule is Fc1ccc(N2CCC(F)(C#Cc3ccccn3)C2)cc1. The summed E-state index contributed by atoms with van der Waals surface area (Å²) in [6, 6.07) is 11.5. The van der Waals surface area contributed by atoms with Gasteiger partial charge >= 0.3 is 0 Å². The predicted octanol–water partition coefficient (Wildman–Crippen LogP) is 3.19. The molecule has 0 aliphatic carbocycles. The van der Waals surface area contributed by atoms with Crippen LogP contribution in [0.5, 0.6) is 0 Å². The Bertz CT molecular complexity index is 673. The van der Waals surface area contributed by atoms with Gasteiger partial charge in [0.1, 0.15) is 11.5 Å². The van der Waals surface area contributed by atoms with Crippen LogP contribution in [0.25, 0.3) is 0 Å². The highest BCUT2D eigenvalue weighted by molar-refractivity contribution is 5.49. The molecule has 106 valence electrons. The van der Waals surface area contributed by atoms with E-state index in [1.54, 1.807) is 30.5 Å². The third kappa shape index (κ3) is 3.19. The molecular weight excluding hydrogens is 270 g/mol. The van der Waals surface area contributed by atoms with Crippen molar-refractivity contribution < 1.29 is 8.78 Å². The first kappa shape index (κ1) is 13.6. The van der Waals surface area contributed by atoms with Crippen LogP contribution in [-0.2, 0) is 0 Å². The Morgan fingerprint density at radius 3 is 2.67 bits per heavy atom. The van der Waals surface area contributed by atoms with Crippen molar-refractivity contribution in [3.63, 3.8) is 0 Å². The van der Waals surface area contributed by atoms with E-state index >= 15 is 0 Å². The molecule has 2 nitrogen and oxygen atoms in total. The van der Waals surface area contributed by atoms with Crippen LogP contribution in [0.4, 0.5) is 14.5 Å². The van der Waals surface area contributed by atoms with E-state index in [4.69, 9.17) is 0 Å². The zero-order valence-corrected chi connectivity index (χ0v) is 11.4. The molecule has 2 aromatic rings. The number of benzene rings is 1. The first-order chi connectivity index (χ1) is 10.1. The summed E-state index contributed by atoms with van der Waals surface area (Å²) in [5, 5.41) is 0. The quantitative estimate of drug-likeness (QED) is 0.748. The smallest absolute Gasteiger partial charge is 0.190 e. The summed E-state index contributed by atoms with van der Waals surface area (Å²) in [6.07, 6.45) is 1.97. The normalized spacial score (nSPS) is 21.0. The molecule has 1 aliphatic heterocycles. The fourth-order valence-electron chi connectivity index (χ4n) is 2.36. The fraction of sp³-hybridized carbons (Fsp3) is 0.235. The van der Waals surface area contributed by atoms with Gasteiger partial charge in [0.15, 0.2) is 5.67 Å². The van der Waals surface area contributed by atoms with Gasteiger partial charge in [-0.3, -0.25) is 0 Å². The molecule has 0 saturated carbocycles. The second-order valence-corrected chi connectivity index (χ2v) is 5.08. The molecular formula is C17H14F2N2. The number of halogens is 2. The van der Waals surface area contributed by atoms with Gasteiger partial charge in [0, 0.05) is 24.8 Å². The van der Waals surface area contributed by atoms with Crippen molar-refractivity contribution in [2.75, 3.05) is 18.0 Å². The molecule has 4 heteroatoms. The lowest BCUT2D eigenvalue weighted by Gasteiger charge is -2.19. The summed E-state index contributed by atoms with van der Waals surface area (Å²) >= 11 is 0. The maximum absolute atomic E-state index is 14.7. The summed E-state index contributed by atoms with van der Waals surface area (Å²) in [7, 11) is 0. The van der Waals surface area contributed by atoms with E-state index in [0.29, 0.717) is 18.7 Å². The average Bonchev–Trinajstić information content (AvgIpc) is 2.90. The molecule has 1 atom stereocenters. The molecule has 1 fully saturated rings. The molecule has 1 saturated heterocycles. The van der Waals surface area contributed by atoms with Crippen LogP contribution in [0.1, 0.15) is 12.1 Å². The highest BCUT2D eigenvalue weighted by atomic mass is 19.1. The molecule has 1 aromatic carbocycles. The van der Waals surface area contributed by atoms with Crippen LogP contribution in [0.15, 0.2) is 48.7 Å². The van der Waals surface area contributed by atoms with Gasteiger partial charge in [-0.1, -0.05) is 12.0 Å². The number of pyridine rings is 1. The Morgan fingerprint density at radius 1 is 1.14 bits per heavy atom. The van der Waals surface area contributed by atoms with Gasteiger partial charge in [-0.2, -0.15) is 0 Å². The highest BCUT2D eigenvalue weighted by Gasteiger charge is 2.36. The van der Waals surface area contributed by atoms with Gasteiger partial charge < -0.3 is 4.90 Å². The summed E-state index contributed by atoms with van der Waals surface area (Å²) in [5.41, 5.74) is -0.170. The van der Waals surface area contributed by atoms with Crippen LogP contribution >= 0.6 is 0 Å². The summed E-state index contributed by atoms with van der Waals surface area (Å²) in [6.45, 7) is 0.761. The van der Waals surface area contributed by atoms with Gasteiger partial charge in [0.25, 0.3) is 0 Å². The summed E-state index contributed by atoms with van der Waals surface area (Å²) < 4.78 is 27.6. The van der Waals surface area contributed by atoms with Crippen LogP contribution in [0, 0.1) is 17.7 Å². The molecule has 21 heavy (non-hydrogen) atoms. The standard InChI is InChI=1S/C17H14F2N2/c18-14-4-6-16(7-5-14)21-12-10-17(19,13-21)9-8-15-3-1-2-11-20-15/h1-7,11H,10,12-13H2. The molecule has 0 amide bonds. The predicted molar refractivity (Wildman–Crippen MR) is 78.2 cm³/mol. The van der Waals surface area contributed by atoms with Crippen LogP contribution in [-0.4, -0.2) is 23.7 Å². The first-order valence-corrected chi connectivity index (χ1v) is 6.78. The molecule has 0 spiro atoms. The lowest BCUT2D eigenvalue weighted by molar-refractivity contribution is 0.274. The molecule has 2 heterocycles. The Morgan fingerprint density at radius 2 is 1.95 bits per heavy atom. The van der Waals surface area contributed by atoms with Crippen molar-refractivity contribution in [1.29, 1.82) is 0 Å². The zero-order chi connectivity index (χ0) is 14.7. The van der Waals surface area contributed by atoms with E-state index in [9.17, 15) is 8.78 Å². The number of hydrogen-bond donors (Lipinski definition) is 0. The monoisotopic (exact) mass is 284 g/mol. The minimum Gasteiger partial charge on any atom is -0.367 e. The minimum atomic E-state index is -1.55. The number of alkyl halides is 1. The topological polar surface area (TPSA) is 16.1 Å². The highest BCUT2D eigenvalue weighted by Crippen LogP contribution is 2.29. The van der Waals surface area contributed by atoms with Crippen molar-refractivity contribution >= 4 is 5.69 Å². The second kappa shape index (κ2) is 5.53. The van der Waals surface area contributed by atoms with Crippen molar-refractivity contribution in [1.82, 2.24) is 4.98 Å². The van der Waals surface area contributed by atoms with E-state index in [-0.39, 0.29) is 12.4 Å². The molecule has 3 rings (SSSR count). The second-order valence-electron chi connectivity index (χ2n) is 5.08. The fourth-order valence-corrected chi connectivity index (χ4v) is 2.36. The van der Waals surface area contributed by atoms with E-state index in [2.05, 4.69) is 16.8 Å². The largest absolute Gasteiger partial charge is 0.367 e. The van der Waals surface area contributed by atoms with E-state index < -0.39 is 5.67 Å². The Kier molecular flexibility index (Phi) is 3.57. The van der Waals surface area contributed by atoms with Crippen LogP contribution < -0.4 is 4.90 Å². The molecule has 0 N–H and O–H groups in total. The number of anilines is 1.